The molecule has 2 heterocycles. The Morgan fingerprint density at radius 1 is 1.14 bits per heavy atom. The zero-order valence-electron chi connectivity index (χ0n) is 10.7. The van der Waals surface area contributed by atoms with E-state index in [1.807, 2.05) is 30.3 Å². The molecule has 0 saturated carbocycles. The SMILES string of the molecule is O=C(O)c1cc(Oc2ncn(-c3ccccc3)n2)ccn1. The maximum atomic E-state index is 10.8. The number of ether oxygens (including phenoxy) is 1. The van der Waals surface area contributed by atoms with Crippen molar-refractivity contribution in [3.05, 3.63) is 60.7 Å². The van der Waals surface area contributed by atoms with E-state index in [2.05, 4.69) is 15.1 Å². The molecule has 0 aliphatic carbocycles. The second-order valence-electron chi connectivity index (χ2n) is 4.09. The van der Waals surface area contributed by atoms with Crippen LogP contribution in [0.1, 0.15) is 10.5 Å². The highest BCUT2D eigenvalue weighted by Gasteiger charge is 2.09. The number of rotatable bonds is 4. The van der Waals surface area contributed by atoms with E-state index in [9.17, 15) is 4.79 Å². The number of aromatic nitrogens is 4. The van der Waals surface area contributed by atoms with Gasteiger partial charge in [-0.3, -0.25) is 0 Å². The smallest absolute Gasteiger partial charge is 0.354 e. The fourth-order valence-electron chi connectivity index (χ4n) is 1.70. The summed E-state index contributed by atoms with van der Waals surface area (Å²) in [4.78, 5) is 18.6. The number of hydrogen-bond acceptors (Lipinski definition) is 5. The average Bonchev–Trinajstić information content (AvgIpc) is 2.97. The van der Waals surface area contributed by atoms with Crippen molar-refractivity contribution in [2.24, 2.45) is 0 Å². The van der Waals surface area contributed by atoms with Crippen LogP contribution >= 0.6 is 0 Å². The summed E-state index contributed by atoms with van der Waals surface area (Å²) in [6.07, 6.45) is 2.87. The molecule has 1 N–H and O–H groups in total. The van der Waals surface area contributed by atoms with E-state index in [0.29, 0.717) is 5.75 Å². The quantitative estimate of drug-likeness (QED) is 0.788. The first-order valence-corrected chi connectivity index (χ1v) is 6.07. The molecule has 0 aliphatic heterocycles. The van der Waals surface area contributed by atoms with Crippen LogP contribution in [0.3, 0.4) is 0 Å². The lowest BCUT2D eigenvalue weighted by Crippen LogP contribution is -2.00. The summed E-state index contributed by atoms with van der Waals surface area (Å²) >= 11 is 0. The van der Waals surface area contributed by atoms with Crippen LogP contribution in [0.5, 0.6) is 11.8 Å². The van der Waals surface area contributed by atoms with Crippen LogP contribution in [-0.4, -0.2) is 30.8 Å². The fraction of sp³-hybridized carbons (Fsp3) is 0. The van der Waals surface area contributed by atoms with Crippen LogP contribution in [0.25, 0.3) is 5.69 Å². The Kier molecular flexibility index (Phi) is 3.30. The minimum absolute atomic E-state index is 0.102. The van der Waals surface area contributed by atoms with Crippen molar-refractivity contribution < 1.29 is 14.6 Å². The number of nitrogens with zero attached hydrogens (tertiary/aromatic N) is 4. The largest absolute Gasteiger partial charge is 0.477 e. The van der Waals surface area contributed by atoms with E-state index in [-0.39, 0.29) is 11.7 Å². The molecular weight excluding hydrogens is 272 g/mol. The zero-order valence-corrected chi connectivity index (χ0v) is 10.7. The van der Waals surface area contributed by atoms with Gasteiger partial charge in [-0.25, -0.2) is 14.5 Å². The lowest BCUT2D eigenvalue weighted by atomic mass is 10.3. The maximum absolute atomic E-state index is 10.8. The Balaban J connectivity index is 1.82. The standard InChI is InChI=1S/C14H10N4O3/c19-13(20)12-8-11(6-7-15-12)21-14-16-9-18(17-14)10-4-2-1-3-5-10/h1-9H,(H,19,20). The van der Waals surface area contributed by atoms with E-state index < -0.39 is 5.97 Å². The molecule has 7 heteroatoms. The first kappa shape index (κ1) is 12.8. The van der Waals surface area contributed by atoms with Gasteiger partial charge in [0.05, 0.1) is 5.69 Å². The predicted molar refractivity (Wildman–Crippen MR) is 72.6 cm³/mol. The summed E-state index contributed by atoms with van der Waals surface area (Å²) in [5, 5.41) is 13.0. The van der Waals surface area contributed by atoms with Crippen LogP contribution in [0.4, 0.5) is 0 Å². The molecule has 2 aromatic heterocycles. The number of hydrogen-bond donors (Lipinski definition) is 1. The minimum Gasteiger partial charge on any atom is -0.477 e. The number of benzene rings is 1. The minimum atomic E-state index is -1.12. The molecule has 7 nitrogen and oxygen atoms in total. The Morgan fingerprint density at radius 2 is 1.95 bits per heavy atom. The van der Waals surface area contributed by atoms with Gasteiger partial charge in [-0.15, -0.1) is 5.10 Å². The van der Waals surface area contributed by atoms with Gasteiger partial charge >= 0.3 is 12.0 Å². The Bertz CT molecular complexity index is 771. The summed E-state index contributed by atoms with van der Waals surface area (Å²) in [6.45, 7) is 0. The molecule has 1 aromatic carbocycles. The van der Waals surface area contributed by atoms with Gasteiger partial charge in [0.1, 0.15) is 12.1 Å². The molecule has 0 bridgehead atoms. The predicted octanol–water partition coefficient (Wildman–Crippen LogP) is 2.15. The molecule has 0 aliphatic rings. The first-order chi connectivity index (χ1) is 10.2. The monoisotopic (exact) mass is 282 g/mol. The summed E-state index contributed by atoms with van der Waals surface area (Å²) in [6, 6.07) is 12.4. The van der Waals surface area contributed by atoms with E-state index in [1.165, 1.54) is 24.7 Å². The van der Waals surface area contributed by atoms with Crippen molar-refractivity contribution in [2.75, 3.05) is 0 Å². The molecule has 104 valence electrons. The van der Waals surface area contributed by atoms with Crippen LogP contribution in [0, 0.1) is 0 Å². The molecule has 0 fully saturated rings. The molecule has 3 aromatic rings. The van der Waals surface area contributed by atoms with Gasteiger partial charge in [0.2, 0.25) is 0 Å². The Hall–Kier alpha value is -3.22. The fourth-order valence-corrected chi connectivity index (χ4v) is 1.70. The van der Waals surface area contributed by atoms with Crippen molar-refractivity contribution in [1.82, 2.24) is 19.7 Å². The van der Waals surface area contributed by atoms with Gasteiger partial charge in [0.25, 0.3) is 0 Å². The van der Waals surface area contributed by atoms with Crippen LogP contribution < -0.4 is 4.74 Å². The summed E-state index contributed by atoms with van der Waals surface area (Å²) in [5.41, 5.74) is 0.746. The summed E-state index contributed by atoms with van der Waals surface area (Å²) in [5.74, 6) is -0.809. The first-order valence-electron chi connectivity index (χ1n) is 6.07. The third-order valence-corrected chi connectivity index (χ3v) is 2.65. The van der Waals surface area contributed by atoms with Crippen LogP contribution in [-0.2, 0) is 0 Å². The van der Waals surface area contributed by atoms with E-state index in [4.69, 9.17) is 9.84 Å². The molecule has 0 radical (unpaired) electrons. The van der Waals surface area contributed by atoms with Gasteiger partial charge in [0.15, 0.2) is 5.69 Å². The van der Waals surface area contributed by atoms with E-state index >= 15 is 0 Å². The number of carbonyl (C=O) groups is 1. The second-order valence-corrected chi connectivity index (χ2v) is 4.09. The van der Waals surface area contributed by atoms with Crippen LogP contribution in [0.2, 0.25) is 0 Å². The normalized spacial score (nSPS) is 10.3. The average molecular weight is 282 g/mol. The Morgan fingerprint density at radius 3 is 2.71 bits per heavy atom. The molecule has 0 atom stereocenters. The van der Waals surface area contributed by atoms with Crippen molar-refractivity contribution in [1.29, 1.82) is 0 Å². The highest BCUT2D eigenvalue weighted by Crippen LogP contribution is 2.18. The van der Waals surface area contributed by atoms with Gasteiger partial charge in [-0.05, 0) is 18.2 Å². The van der Waals surface area contributed by atoms with Crippen LogP contribution in [0.15, 0.2) is 55.0 Å². The summed E-state index contributed by atoms with van der Waals surface area (Å²) < 4.78 is 6.99. The van der Waals surface area contributed by atoms with Gasteiger partial charge < -0.3 is 9.84 Å². The lowest BCUT2D eigenvalue weighted by molar-refractivity contribution is 0.0690. The maximum Gasteiger partial charge on any atom is 0.354 e. The number of aromatic carboxylic acids is 1. The van der Waals surface area contributed by atoms with Crippen molar-refractivity contribution >= 4 is 5.97 Å². The van der Waals surface area contributed by atoms with E-state index in [1.54, 1.807) is 4.68 Å². The highest BCUT2D eigenvalue weighted by atomic mass is 16.5. The molecule has 0 saturated heterocycles. The van der Waals surface area contributed by atoms with Gasteiger partial charge in [-0.1, -0.05) is 18.2 Å². The lowest BCUT2D eigenvalue weighted by Gasteiger charge is -2.01. The van der Waals surface area contributed by atoms with Crippen molar-refractivity contribution in [2.45, 2.75) is 0 Å². The molecule has 0 unspecified atom stereocenters. The van der Waals surface area contributed by atoms with Gasteiger partial charge in [-0.2, -0.15) is 4.98 Å². The molecule has 0 spiro atoms. The number of carboxylic acids is 1. The zero-order chi connectivity index (χ0) is 14.7. The third-order valence-electron chi connectivity index (χ3n) is 2.65. The van der Waals surface area contributed by atoms with Gasteiger partial charge in [0, 0.05) is 12.3 Å². The number of para-hydroxylation sites is 1. The molecular formula is C14H10N4O3. The highest BCUT2D eigenvalue weighted by molar-refractivity contribution is 5.85. The molecule has 3 rings (SSSR count). The number of pyridine rings is 1. The van der Waals surface area contributed by atoms with Crippen molar-refractivity contribution in [3.63, 3.8) is 0 Å². The number of carboxylic acid groups (broad SMARTS) is 1. The second kappa shape index (κ2) is 5.41. The Labute approximate surface area is 119 Å². The van der Waals surface area contributed by atoms with Crippen molar-refractivity contribution in [3.8, 4) is 17.4 Å². The summed E-state index contributed by atoms with van der Waals surface area (Å²) in [7, 11) is 0. The molecule has 0 amide bonds. The molecule has 21 heavy (non-hydrogen) atoms. The third kappa shape index (κ3) is 2.86. The topological polar surface area (TPSA) is 90.1 Å². The van der Waals surface area contributed by atoms with E-state index in [0.717, 1.165) is 5.69 Å².